The minimum atomic E-state index is 0. The number of nitrogens with zero attached hydrogens (tertiary/aromatic N) is 1. The Kier molecular flexibility index (Phi) is 15.1. The van der Waals surface area contributed by atoms with E-state index in [-0.39, 0.29) is 24.0 Å². The molecule has 0 radical (unpaired) electrons. The third-order valence-electron chi connectivity index (χ3n) is 3.28. The number of aliphatic imine (C=N–C) groups is 1. The molecule has 6 heteroatoms. The standard InChI is InChI=1S/C18H31N3O2.HI/c1-4-19-18(20-10-6-12-23-14-13-22-3)21-11-9-17-8-5-7-16(2)15-17;/h5,7-8,15H,4,6,9-14H2,1-3H3,(H2,19,20,21);1H. The molecule has 1 rings (SSSR count). The Bertz CT molecular complexity index is 456. The molecule has 138 valence electrons. The summed E-state index contributed by atoms with van der Waals surface area (Å²) < 4.78 is 10.4. The Morgan fingerprint density at radius 3 is 2.71 bits per heavy atom. The van der Waals surface area contributed by atoms with Crippen LogP contribution < -0.4 is 10.6 Å². The van der Waals surface area contributed by atoms with E-state index in [9.17, 15) is 0 Å². The van der Waals surface area contributed by atoms with Gasteiger partial charge in [-0.05, 0) is 32.3 Å². The van der Waals surface area contributed by atoms with Crippen molar-refractivity contribution < 1.29 is 9.47 Å². The van der Waals surface area contributed by atoms with Crippen molar-refractivity contribution in [1.29, 1.82) is 0 Å². The molecule has 0 amide bonds. The summed E-state index contributed by atoms with van der Waals surface area (Å²) >= 11 is 0. The van der Waals surface area contributed by atoms with Gasteiger partial charge in [-0.1, -0.05) is 29.8 Å². The molecule has 1 aromatic rings. The highest BCUT2D eigenvalue weighted by Gasteiger charge is 1.98. The minimum Gasteiger partial charge on any atom is -0.382 e. The molecule has 5 nitrogen and oxygen atoms in total. The van der Waals surface area contributed by atoms with Crippen molar-refractivity contribution in [2.24, 2.45) is 4.99 Å². The van der Waals surface area contributed by atoms with E-state index >= 15 is 0 Å². The van der Waals surface area contributed by atoms with Crippen molar-refractivity contribution >= 4 is 29.9 Å². The van der Waals surface area contributed by atoms with Crippen molar-refractivity contribution in [3.8, 4) is 0 Å². The molecule has 0 saturated carbocycles. The molecule has 0 heterocycles. The second-order valence-corrected chi connectivity index (χ2v) is 5.39. The number of halogens is 1. The van der Waals surface area contributed by atoms with Crippen LogP contribution in [-0.4, -0.2) is 52.5 Å². The zero-order valence-corrected chi connectivity index (χ0v) is 17.5. The van der Waals surface area contributed by atoms with Crippen LogP contribution in [-0.2, 0) is 15.9 Å². The highest BCUT2D eigenvalue weighted by Crippen LogP contribution is 2.03. The van der Waals surface area contributed by atoms with Crippen molar-refractivity contribution in [3.05, 3.63) is 35.4 Å². The van der Waals surface area contributed by atoms with E-state index in [0.717, 1.165) is 45.0 Å². The smallest absolute Gasteiger partial charge is 0.191 e. The molecule has 0 bridgehead atoms. The number of hydrogen-bond acceptors (Lipinski definition) is 3. The maximum absolute atomic E-state index is 5.43. The zero-order valence-electron chi connectivity index (χ0n) is 15.1. The number of guanidine groups is 1. The Balaban J connectivity index is 0.00000529. The molecule has 24 heavy (non-hydrogen) atoms. The number of ether oxygens (including phenoxy) is 2. The monoisotopic (exact) mass is 449 g/mol. The average Bonchev–Trinajstić information content (AvgIpc) is 2.54. The number of hydrogen-bond donors (Lipinski definition) is 2. The summed E-state index contributed by atoms with van der Waals surface area (Å²) in [6.45, 7) is 8.70. The van der Waals surface area contributed by atoms with Crippen LogP contribution in [0.5, 0.6) is 0 Å². The fraction of sp³-hybridized carbons (Fsp3) is 0.611. The quantitative estimate of drug-likeness (QED) is 0.236. The van der Waals surface area contributed by atoms with E-state index in [1.165, 1.54) is 11.1 Å². The van der Waals surface area contributed by atoms with Crippen molar-refractivity contribution in [2.75, 3.05) is 46.6 Å². The summed E-state index contributed by atoms with van der Waals surface area (Å²) in [4.78, 5) is 4.56. The summed E-state index contributed by atoms with van der Waals surface area (Å²) in [5.74, 6) is 0.872. The summed E-state index contributed by atoms with van der Waals surface area (Å²) in [5.41, 5.74) is 2.65. The second kappa shape index (κ2) is 15.7. The number of benzene rings is 1. The fourth-order valence-corrected chi connectivity index (χ4v) is 2.14. The van der Waals surface area contributed by atoms with Gasteiger partial charge in [0, 0.05) is 33.4 Å². The second-order valence-electron chi connectivity index (χ2n) is 5.39. The largest absolute Gasteiger partial charge is 0.382 e. The maximum atomic E-state index is 5.43. The molecule has 0 aliphatic rings. The molecule has 0 unspecified atom stereocenters. The molecule has 0 aromatic heterocycles. The van der Waals surface area contributed by atoms with Crippen LogP contribution in [0.3, 0.4) is 0 Å². The molecular formula is C18H32IN3O2. The van der Waals surface area contributed by atoms with Crippen LogP contribution in [0.1, 0.15) is 24.5 Å². The van der Waals surface area contributed by atoms with Crippen LogP contribution in [0, 0.1) is 6.92 Å². The topological polar surface area (TPSA) is 54.9 Å². The number of aryl methyl sites for hydroxylation is 1. The number of nitrogens with one attached hydrogen (secondary N) is 2. The first kappa shape index (κ1) is 23.1. The molecule has 0 saturated heterocycles. The van der Waals surface area contributed by atoms with Crippen molar-refractivity contribution in [1.82, 2.24) is 10.6 Å². The Hall–Kier alpha value is -0.860. The lowest BCUT2D eigenvalue weighted by molar-refractivity contribution is 0.0702. The summed E-state index contributed by atoms with van der Waals surface area (Å²) in [6.07, 6.45) is 1.91. The number of rotatable bonds is 11. The van der Waals surface area contributed by atoms with E-state index < -0.39 is 0 Å². The SMILES string of the molecule is CCNC(=NCCCOCCOC)NCCc1cccc(C)c1.I. The van der Waals surface area contributed by atoms with Crippen LogP contribution in [0.2, 0.25) is 0 Å². The van der Waals surface area contributed by atoms with Gasteiger partial charge in [0.25, 0.3) is 0 Å². The van der Waals surface area contributed by atoms with Crippen LogP contribution in [0.25, 0.3) is 0 Å². The van der Waals surface area contributed by atoms with Crippen LogP contribution in [0.15, 0.2) is 29.3 Å². The fourth-order valence-electron chi connectivity index (χ4n) is 2.14. The third kappa shape index (κ3) is 11.6. The van der Waals surface area contributed by atoms with Gasteiger partial charge in [0.15, 0.2) is 5.96 Å². The van der Waals surface area contributed by atoms with Crippen molar-refractivity contribution in [3.63, 3.8) is 0 Å². The first-order valence-electron chi connectivity index (χ1n) is 8.40. The molecule has 0 fully saturated rings. The molecule has 0 aliphatic carbocycles. The van der Waals surface area contributed by atoms with Crippen LogP contribution in [0.4, 0.5) is 0 Å². The van der Waals surface area contributed by atoms with E-state index in [1.54, 1.807) is 7.11 Å². The Morgan fingerprint density at radius 1 is 1.17 bits per heavy atom. The van der Waals surface area contributed by atoms with Gasteiger partial charge in [-0.25, -0.2) is 0 Å². The first-order valence-corrected chi connectivity index (χ1v) is 8.40. The highest BCUT2D eigenvalue weighted by molar-refractivity contribution is 14.0. The molecule has 0 aliphatic heterocycles. The summed E-state index contributed by atoms with van der Waals surface area (Å²) in [5, 5.41) is 6.65. The van der Waals surface area contributed by atoms with E-state index in [0.29, 0.717) is 13.2 Å². The predicted molar refractivity (Wildman–Crippen MR) is 112 cm³/mol. The Labute approximate surface area is 163 Å². The highest BCUT2D eigenvalue weighted by atomic mass is 127. The normalized spacial score (nSPS) is 11.0. The minimum absolute atomic E-state index is 0. The molecule has 0 spiro atoms. The third-order valence-corrected chi connectivity index (χ3v) is 3.28. The summed E-state index contributed by atoms with van der Waals surface area (Å²) in [6, 6.07) is 8.61. The molecular weight excluding hydrogens is 417 g/mol. The van der Waals surface area contributed by atoms with Crippen molar-refractivity contribution in [2.45, 2.75) is 26.7 Å². The summed E-state index contributed by atoms with van der Waals surface area (Å²) in [7, 11) is 1.68. The molecule has 2 N–H and O–H groups in total. The lowest BCUT2D eigenvalue weighted by Crippen LogP contribution is -2.38. The zero-order chi connectivity index (χ0) is 16.8. The van der Waals surface area contributed by atoms with E-state index in [1.807, 2.05) is 0 Å². The van der Waals surface area contributed by atoms with Gasteiger partial charge in [0.1, 0.15) is 0 Å². The number of methoxy groups -OCH3 is 1. The van der Waals surface area contributed by atoms with Gasteiger partial charge in [-0.3, -0.25) is 4.99 Å². The lowest BCUT2D eigenvalue weighted by Gasteiger charge is -2.11. The lowest BCUT2D eigenvalue weighted by atomic mass is 10.1. The maximum Gasteiger partial charge on any atom is 0.191 e. The van der Waals surface area contributed by atoms with Gasteiger partial charge in [-0.2, -0.15) is 0 Å². The molecule has 1 aromatic carbocycles. The van der Waals surface area contributed by atoms with Gasteiger partial charge in [0.05, 0.1) is 13.2 Å². The van der Waals surface area contributed by atoms with Gasteiger partial charge in [-0.15, -0.1) is 24.0 Å². The van der Waals surface area contributed by atoms with Gasteiger partial charge < -0.3 is 20.1 Å². The van der Waals surface area contributed by atoms with Gasteiger partial charge in [0.2, 0.25) is 0 Å². The van der Waals surface area contributed by atoms with Gasteiger partial charge >= 0.3 is 0 Å². The predicted octanol–water partition coefficient (Wildman–Crippen LogP) is 2.76. The average molecular weight is 449 g/mol. The van der Waals surface area contributed by atoms with E-state index in [2.05, 4.69) is 53.7 Å². The van der Waals surface area contributed by atoms with Crippen LogP contribution >= 0.6 is 24.0 Å². The Morgan fingerprint density at radius 2 is 2.00 bits per heavy atom. The first-order chi connectivity index (χ1) is 11.3. The van der Waals surface area contributed by atoms with E-state index in [4.69, 9.17) is 9.47 Å². The molecule has 0 atom stereocenters.